The first kappa shape index (κ1) is 15.8. The highest BCUT2D eigenvalue weighted by atomic mass is 16.6. The Bertz CT molecular complexity index is 496. The van der Waals surface area contributed by atoms with E-state index in [2.05, 4.69) is 18.9 Å². The van der Waals surface area contributed by atoms with E-state index in [1.165, 1.54) is 32.1 Å². The van der Waals surface area contributed by atoms with Gasteiger partial charge in [0, 0.05) is 18.7 Å². The molecule has 1 saturated carbocycles. The molecule has 0 radical (unpaired) electrons. The number of nitrogens with zero attached hydrogens (tertiary/aromatic N) is 2. The number of nitrogen functional groups attached to an aromatic ring is 1. The molecule has 2 N–H and O–H groups in total. The SMILES string of the molecule is CCC1CCC(N(C)Cc2ccc(N)c([N+](=O)[O-])c2)CC1. The molecular weight excluding hydrogens is 266 g/mol. The van der Waals surface area contributed by atoms with Crippen LogP contribution in [0.25, 0.3) is 0 Å². The fraction of sp³-hybridized carbons (Fsp3) is 0.625. The molecule has 0 aliphatic heterocycles. The summed E-state index contributed by atoms with van der Waals surface area (Å²) in [6, 6.07) is 5.71. The maximum atomic E-state index is 10.9. The summed E-state index contributed by atoms with van der Waals surface area (Å²) >= 11 is 0. The highest BCUT2D eigenvalue weighted by Crippen LogP contribution is 2.30. The van der Waals surface area contributed by atoms with Gasteiger partial charge in [0.15, 0.2) is 0 Å². The summed E-state index contributed by atoms with van der Waals surface area (Å²) in [4.78, 5) is 12.9. The van der Waals surface area contributed by atoms with Crippen molar-refractivity contribution < 1.29 is 4.92 Å². The van der Waals surface area contributed by atoms with Crippen LogP contribution in [0.1, 0.15) is 44.6 Å². The molecule has 0 spiro atoms. The number of anilines is 1. The van der Waals surface area contributed by atoms with E-state index in [1.807, 2.05) is 6.07 Å². The second-order valence-electron chi connectivity index (χ2n) is 6.15. The lowest BCUT2D eigenvalue weighted by Crippen LogP contribution is -2.34. The Balaban J connectivity index is 1.98. The van der Waals surface area contributed by atoms with Crippen LogP contribution in [-0.4, -0.2) is 22.9 Å². The molecule has 1 aliphatic carbocycles. The molecule has 0 unspecified atom stereocenters. The molecule has 5 nitrogen and oxygen atoms in total. The summed E-state index contributed by atoms with van der Waals surface area (Å²) in [6.07, 6.45) is 6.33. The van der Waals surface area contributed by atoms with Gasteiger partial charge in [-0.05, 0) is 50.3 Å². The molecule has 0 aromatic heterocycles. The van der Waals surface area contributed by atoms with Crippen LogP contribution < -0.4 is 5.73 Å². The standard InChI is InChI=1S/C16H25N3O2/c1-3-12-4-7-14(8-5-12)18(2)11-13-6-9-15(17)16(10-13)19(20)21/h6,9-10,12,14H,3-5,7-8,11,17H2,1-2H3. The van der Waals surface area contributed by atoms with Gasteiger partial charge >= 0.3 is 0 Å². The molecule has 5 heteroatoms. The third-order valence-corrected chi connectivity index (χ3v) is 4.74. The molecule has 0 bridgehead atoms. The zero-order chi connectivity index (χ0) is 15.4. The van der Waals surface area contributed by atoms with Crippen LogP contribution in [0, 0.1) is 16.0 Å². The first-order valence-electron chi connectivity index (χ1n) is 7.74. The largest absolute Gasteiger partial charge is 0.393 e. The van der Waals surface area contributed by atoms with Crippen LogP contribution in [0.5, 0.6) is 0 Å². The summed E-state index contributed by atoms with van der Waals surface area (Å²) in [7, 11) is 2.11. The molecule has 0 heterocycles. The number of nitrogens with two attached hydrogens (primary N) is 1. The van der Waals surface area contributed by atoms with E-state index < -0.39 is 4.92 Å². The number of nitro groups is 1. The van der Waals surface area contributed by atoms with Crippen molar-refractivity contribution in [3.8, 4) is 0 Å². The maximum Gasteiger partial charge on any atom is 0.292 e. The van der Waals surface area contributed by atoms with Gasteiger partial charge in [0.05, 0.1) is 4.92 Å². The number of nitro benzene ring substituents is 1. The lowest BCUT2D eigenvalue weighted by Gasteiger charge is -2.34. The van der Waals surface area contributed by atoms with Crippen molar-refractivity contribution in [3.05, 3.63) is 33.9 Å². The highest BCUT2D eigenvalue weighted by molar-refractivity contribution is 5.59. The van der Waals surface area contributed by atoms with Crippen LogP contribution >= 0.6 is 0 Å². The minimum absolute atomic E-state index is 0.00981. The molecule has 0 saturated heterocycles. The quantitative estimate of drug-likeness (QED) is 0.511. The van der Waals surface area contributed by atoms with E-state index >= 15 is 0 Å². The molecule has 0 amide bonds. The highest BCUT2D eigenvalue weighted by Gasteiger charge is 2.23. The van der Waals surface area contributed by atoms with Crippen molar-refractivity contribution in [2.45, 2.75) is 51.6 Å². The molecule has 1 fully saturated rings. The van der Waals surface area contributed by atoms with Gasteiger partial charge in [0.2, 0.25) is 0 Å². The van der Waals surface area contributed by atoms with Gasteiger partial charge in [-0.2, -0.15) is 0 Å². The topological polar surface area (TPSA) is 72.4 Å². The fourth-order valence-corrected chi connectivity index (χ4v) is 3.26. The minimum Gasteiger partial charge on any atom is -0.393 e. The average Bonchev–Trinajstić information content (AvgIpc) is 2.49. The third kappa shape index (κ3) is 3.94. The third-order valence-electron chi connectivity index (χ3n) is 4.74. The molecule has 1 aromatic rings. The lowest BCUT2D eigenvalue weighted by molar-refractivity contribution is -0.384. The minimum atomic E-state index is -0.411. The first-order valence-corrected chi connectivity index (χ1v) is 7.74. The van der Waals surface area contributed by atoms with E-state index in [0.717, 1.165) is 18.0 Å². The summed E-state index contributed by atoms with van der Waals surface area (Å²) < 4.78 is 0. The second-order valence-corrected chi connectivity index (χ2v) is 6.15. The van der Waals surface area contributed by atoms with E-state index in [9.17, 15) is 10.1 Å². The molecular formula is C16H25N3O2. The molecule has 2 rings (SSSR count). The zero-order valence-electron chi connectivity index (χ0n) is 12.9. The van der Waals surface area contributed by atoms with Gasteiger partial charge in [-0.3, -0.25) is 15.0 Å². The number of benzene rings is 1. The Labute approximate surface area is 126 Å². The lowest BCUT2D eigenvalue weighted by atomic mass is 9.84. The normalized spacial score (nSPS) is 22.4. The predicted molar refractivity (Wildman–Crippen MR) is 85.0 cm³/mol. The van der Waals surface area contributed by atoms with Gasteiger partial charge in [-0.15, -0.1) is 0 Å². The van der Waals surface area contributed by atoms with Gasteiger partial charge in [-0.1, -0.05) is 19.4 Å². The Morgan fingerprint density at radius 2 is 2.00 bits per heavy atom. The van der Waals surface area contributed by atoms with Gasteiger partial charge in [-0.25, -0.2) is 0 Å². The van der Waals surface area contributed by atoms with Gasteiger partial charge < -0.3 is 5.73 Å². The van der Waals surface area contributed by atoms with Crippen LogP contribution in [0.3, 0.4) is 0 Å². The van der Waals surface area contributed by atoms with E-state index in [-0.39, 0.29) is 11.4 Å². The number of hydrogen-bond donors (Lipinski definition) is 1. The van der Waals surface area contributed by atoms with Gasteiger partial charge in [0.1, 0.15) is 5.69 Å². The van der Waals surface area contributed by atoms with Crippen molar-refractivity contribution in [1.29, 1.82) is 0 Å². The first-order chi connectivity index (χ1) is 10.0. The monoisotopic (exact) mass is 291 g/mol. The zero-order valence-corrected chi connectivity index (χ0v) is 12.9. The Kier molecular flexibility index (Phi) is 5.17. The summed E-state index contributed by atoms with van der Waals surface area (Å²) in [5.41, 5.74) is 6.84. The average molecular weight is 291 g/mol. The molecule has 0 atom stereocenters. The summed E-state index contributed by atoms with van der Waals surface area (Å²) in [5, 5.41) is 10.9. The Morgan fingerprint density at radius 3 is 2.57 bits per heavy atom. The van der Waals surface area contributed by atoms with E-state index in [1.54, 1.807) is 12.1 Å². The second kappa shape index (κ2) is 6.89. The van der Waals surface area contributed by atoms with Crippen molar-refractivity contribution in [2.75, 3.05) is 12.8 Å². The number of hydrogen-bond acceptors (Lipinski definition) is 4. The maximum absolute atomic E-state index is 10.9. The summed E-state index contributed by atoms with van der Waals surface area (Å²) in [5.74, 6) is 0.882. The van der Waals surface area contributed by atoms with Crippen molar-refractivity contribution >= 4 is 11.4 Å². The van der Waals surface area contributed by atoms with Crippen LogP contribution in [-0.2, 0) is 6.54 Å². The molecule has 116 valence electrons. The van der Waals surface area contributed by atoms with Crippen LogP contribution in [0.15, 0.2) is 18.2 Å². The smallest absolute Gasteiger partial charge is 0.292 e. The molecule has 1 aromatic carbocycles. The van der Waals surface area contributed by atoms with Crippen molar-refractivity contribution in [2.24, 2.45) is 5.92 Å². The molecule has 1 aliphatic rings. The summed E-state index contributed by atoms with van der Waals surface area (Å²) in [6.45, 7) is 3.00. The molecule has 21 heavy (non-hydrogen) atoms. The predicted octanol–water partition coefficient (Wildman–Crippen LogP) is 3.58. The van der Waals surface area contributed by atoms with Crippen molar-refractivity contribution in [3.63, 3.8) is 0 Å². The van der Waals surface area contributed by atoms with Crippen LogP contribution in [0.4, 0.5) is 11.4 Å². The number of rotatable bonds is 5. The Hall–Kier alpha value is -1.62. The fourth-order valence-electron chi connectivity index (χ4n) is 3.26. The van der Waals surface area contributed by atoms with E-state index in [0.29, 0.717) is 6.04 Å². The van der Waals surface area contributed by atoms with Crippen molar-refractivity contribution in [1.82, 2.24) is 4.90 Å². The van der Waals surface area contributed by atoms with E-state index in [4.69, 9.17) is 5.73 Å². The Morgan fingerprint density at radius 1 is 1.33 bits per heavy atom. The van der Waals surface area contributed by atoms with Gasteiger partial charge in [0.25, 0.3) is 5.69 Å². The van der Waals surface area contributed by atoms with Crippen LogP contribution in [0.2, 0.25) is 0 Å².